The largest absolute Gasteiger partial charge is 0.386 e. The maximum absolute atomic E-state index is 12.3. The molecule has 0 aliphatic carbocycles. The number of aromatic nitrogens is 4. The first-order chi connectivity index (χ1) is 11.9. The number of β-amino-alcohol motifs (C(OH)–C–C–N with tert-alkyl or cyclic N) is 1. The lowest BCUT2D eigenvalue weighted by Crippen LogP contribution is -2.45. The predicted molar refractivity (Wildman–Crippen MR) is 93.2 cm³/mol. The third-order valence-electron chi connectivity index (χ3n) is 4.78. The SMILES string of the molecule is Cc1nn(C)c(C)c1CC(=O)NCC1(O)CCN(c2ncccn2)C1. The standard InChI is InChI=1S/C17H24N6O2/c1-12-14(13(2)22(3)21-12)9-15(24)20-10-17(25)5-8-23(11-17)16-18-6-4-7-19-16/h4,6-7,25H,5,8-11H2,1-3H3,(H,20,24). The number of amides is 1. The van der Waals surface area contributed by atoms with E-state index in [1.54, 1.807) is 23.1 Å². The average molecular weight is 344 g/mol. The van der Waals surface area contributed by atoms with Gasteiger partial charge in [0.25, 0.3) is 0 Å². The van der Waals surface area contributed by atoms with Gasteiger partial charge in [-0.15, -0.1) is 0 Å². The first kappa shape index (κ1) is 17.3. The van der Waals surface area contributed by atoms with E-state index in [1.165, 1.54) is 0 Å². The topological polar surface area (TPSA) is 96.2 Å². The monoisotopic (exact) mass is 344 g/mol. The van der Waals surface area contributed by atoms with Crippen molar-refractivity contribution in [1.29, 1.82) is 0 Å². The van der Waals surface area contributed by atoms with Gasteiger partial charge in [-0.05, 0) is 26.3 Å². The molecule has 1 aliphatic heterocycles. The molecule has 1 unspecified atom stereocenters. The van der Waals surface area contributed by atoms with E-state index in [0.717, 1.165) is 17.0 Å². The number of nitrogens with zero attached hydrogens (tertiary/aromatic N) is 5. The molecule has 2 N–H and O–H groups in total. The number of aryl methyl sites for hydroxylation is 2. The summed E-state index contributed by atoms with van der Waals surface area (Å²) in [5.41, 5.74) is 1.83. The van der Waals surface area contributed by atoms with Crippen molar-refractivity contribution in [3.8, 4) is 0 Å². The molecule has 1 fully saturated rings. The smallest absolute Gasteiger partial charge is 0.225 e. The molecule has 1 amide bonds. The Bertz CT molecular complexity index is 760. The van der Waals surface area contributed by atoms with Crippen molar-refractivity contribution in [1.82, 2.24) is 25.1 Å². The summed E-state index contributed by atoms with van der Waals surface area (Å²) in [6, 6.07) is 1.76. The summed E-state index contributed by atoms with van der Waals surface area (Å²) in [7, 11) is 1.87. The van der Waals surface area contributed by atoms with E-state index in [1.807, 2.05) is 25.8 Å². The Morgan fingerprint density at radius 1 is 1.36 bits per heavy atom. The van der Waals surface area contributed by atoms with Gasteiger partial charge in [0.05, 0.1) is 18.7 Å². The van der Waals surface area contributed by atoms with Crippen LogP contribution in [0.25, 0.3) is 0 Å². The number of carbonyl (C=O) groups excluding carboxylic acids is 1. The lowest BCUT2D eigenvalue weighted by atomic mass is 10.0. The van der Waals surface area contributed by atoms with E-state index in [9.17, 15) is 9.90 Å². The van der Waals surface area contributed by atoms with Gasteiger partial charge in [-0.1, -0.05) is 0 Å². The van der Waals surface area contributed by atoms with Crippen molar-refractivity contribution in [2.24, 2.45) is 7.05 Å². The predicted octanol–water partition coefficient (Wildman–Crippen LogP) is 0.127. The highest BCUT2D eigenvalue weighted by Gasteiger charge is 2.37. The molecule has 8 heteroatoms. The van der Waals surface area contributed by atoms with Crippen LogP contribution in [-0.2, 0) is 18.3 Å². The van der Waals surface area contributed by atoms with Crippen LogP contribution < -0.4 is 10.2 Å². The molecule has 3 rings (SSSR count). The molecule has 2 aromatic heterocycles. The Balaban J connectivity index is 1.55. The Hall–Kier alpha value is -2.48. The van der Waals surface area contributed by atoms with Crippen molar-refractivity contribution in [3.05, 3.63) is 35.4 Å². The van der Waals surface area contributed by atoms with E-state index in [4.69, 9.17) is 0 Å². The molecule has 2 aromatic rings. The Labute approximate surface area is 146 Å². The van der Waals surface area contributed by atoms with Crippen molar-refractivity contribution in [3.63, 3.8) is 0 Å². The fourth-order valence-corrected chi connectivity index (χ4v) is 3.19. The van der Waals surface area contributed by atoms with Gasteiger partial charge in [0.2, 0.25) is 11.9 Å². The van der Waals surface area contributed by atoms with E-state index in [0.29, 0.717) is 25.5 Å². The number of rotatable bonds is 5. The van der Waals surface area contributed by atoms with Crippen LogP contribution in [0.2, 0.25) is 0 Å². The summed E-state index contributed by atoms with van der Waals surface area (Å²) in [5, 5.41) is 17.9. The fourth-order valence-electron chi connectivity index (χ4n) is 3.19. The normalized spacial score (nSPS) is 20.1. The van der Waals surface area contributed by atoms with Crippen LogP contribution in [0.5, 0.6) is 0 Å². The van der Waals surface area contributed by atoms with Gasteiger partial charge < -0.3 is 15.3 Å². The molecule has 1 atom stereocenters. The molecular weight excluding hydrogens is 320 g/mol. The summed E-state index contributed by atoms with van der Waals surface area (Å²) in [6.07, 6.45) is 4.20. The number of aliphatic hydroxyl groups is 1. The maximum atomic E-state index is 12.3. The molecule has 8 nitrogen and oxygen atoms in total. The number of carbonyl (C=O) groups is 1. The van der Waals surface area contributed by atoms with Crippen molar-refractivity contribution in [2.75, 3.05) is 24.5 Å². The molecular formula is C17H24N6O2. The van der Waals surface area contributed by atoms with Crippen LogP contribution in [0, 0.1) is 13.8 Å². The van der Waals surface area contributed by atoms with Crippen molar-refractivity contribution >= 4 is 11.9 Å². The van der Waals surface area contributed by atoms with Crippen molar-refractivity contribution < 1.29 is 9.90 Å². The third-order valence-corrected chi connectivity index (χ3v) is 4.78. The zero-order valence-corrected chi connectivity index (χ0v) is 14.9. The Morgan fingerprint density at radius 2 is 2.08 bits per heavy atom. The minimum Gasteiger partial charge on any atom is -0.386 e. The summed E-state index contributed by atoms with van der Waals surface area (Å²) in [6.45, 7) is 5.13. The highest BCUT2D eigenvalue weighted by Crippen LogP contribution is 2.23. The number of anilines is 1. The van der Waals surface area contributed by atoms with E-state index >= 15 is 0 Å². The van der Waals surface area contributed by atoms with Gasteiger partial charge in [0.15, 0.2) is 0 Å². The van der Waals surface area contributed by atoms with Crippen LogP contribution >= 0.6 is 0 Å². The molecule has 25 heavy (non-hydrogen) atoms. The Kier molecular flexibility index (Phi) is 4.71. The number of hydrogen-bond donors (Lipinski definition) is 2. The van der Waals surface area contributed by atoms with Gasteiger partial charge in [0, 0.05) is 43.8 Å². The molecule has 0 saturated carbocycles. The molecule has 0 aromatic carbocycles. The highest BCUT2D eigenvalue weighted by atomic mass is 16.3. The fraction of sp³-hybridized carbons (Fsp3) is 0.529. The second-order valence-corrected chi connectivity index (χ2v) is 6.67. The minimum absolute atomic E-state index is 0.109. The zero-order chi connectivity index (χ0) is 18.0. The first-order valence-corrected chi connectivity index (χ1v) is 8.38. The van der Waals surface area contributed by atoms with E-state index < -0.39 is 5.60 Å². The molecule has 3 heterocycles. The van der Waals surface area contributed by atoms with E-state index in [-0.39, 0.29) is 18.9 Å². The van der Waals surface area contributed by atoms with Gasteiger partial charge in [-0.3, -0.25) is 9.48 Å². The third kappa shape index (κ3) is 3.79. The van der Waals surface area contributed by atoms with E-state index in [2.05, 4.69) is 20.4 Å². The zero-order valence-electron chi connectivity index (χ0n) is 14.9. The van der Waals surface area contributed by atoms with Gasteiger partial charge in [-0.2, -0.15) is 5.10 Å². The van der Waals surface area contributed by atoms with Crippen LogP contribution in [0.4, 0.5) is 5.95 Å². The molecule has 0 radical (unpaired) electrons. The molecule has 1 saturated heterocycles. The summed E-state index contributed by atoms with van der Waals surface area (Å²) in [5.74, 6) is 0.494. The average Bonchev–Trinajstić information content (AvgIpc) is 3.10. The number of nitrogens with one attached hydrogen (secondary N) is 1. The molecule has 1 aliphatic rings. The van der Waals surface area contributed by atoms with Crippen LogP contribution in [0.15, 0.2) is 18.5 Å². The summed E-state index contributed by atoms with van der Waals surface area (Å²) < 4.78 is 1.78. The molecule has 134 valence electrons. The number of hydrogen-bond acceptors (Lipinski definition) is 6. The second-order valence-electron chi connectivity index (χ2n) is 6.67. The lowest BCUT2D eigenvalue weighted by molar-refractivity contribution is -0.121. The van der Waals surface area contributed by atoms with Gasteiger partial charge >= 0.3 is 0 Å². The quantitative estimate of drug-likeness (QED) is 0.800. The second kappa shape index (κ2) is 6.79. The summed E-state index contributed by atoms with van der Waals surface area (Å²) in [4.78, 5) is 22.6. The molecule has 0 spiro atoms. The minimum atomic E-state index is -0.964. The Morgan fingerprint density at radius 3 is 2.72 bits per heavy atom. The summed E-state index contributed by atoms with van der Waals surface area (Å²) >= 11 is 0. The van der Waals surface area contributed by atoms with Crippen LogP contribution in [-0.4, -0.2) is 56.0 Å². The van der Waals surface area contributed by atoms with Crippen LogP contribution in [0.3, 0.4) is 0 Å². The van der Waals surface area contributed by atoms with Gasteiger partial charge in [-0.25, -0.2) is 9.97 Å². The highest BCUT2D eigenvalue weighted by molar-refractivity contribution is 5.79. The lowest BCUT2D eigenvalue weighted by Gasteiger charge is -2.23. The van der Waals surface area contributed by atoms with Crippen molar-refractivity contribution in [2.45, 2.75) is 32.3 Å². The van der Waals surface area contributed by atoms with Crippen LogP contribution in [0.1, 0.15) is 23.4 Å². The molecule has 0 bridgehead atoms. The first-order valence-electron chi connectivity index (χ1n) is 8.38. The van der Waals surface area contributed by atoms with Gasteiger partial charge in [0.1, 0.15) is 5.60 Å². The maximum Gasteiger partial charge on any atom is 0.225 e.